The number of carbonyl (C=O) groups excluding carboxylic acids is 2. The molecule has 1 aliphatic rings. The second kappa shape index (κ2) is 13.2. The molecule has 0 N–H and O–H groups in total. The Kier molecular flexibility index (Phi) is 7.01. The number of hydrogen-bond acceptors (Lipinski definition) is 2. The first-order valence-electron chi connectivity index (χ1n) is 15.0. The Hall–Kier alpha value is -2.48. The first-order chi connectivity index (χ1) is 18.2. The van der Waals surface area contributed by atoms with E-state index in [0.717, 1.165) is 32.1 Å². The Balaban J connectivity index is 2.03. The molecule has 172 valence electrons. The Morgan fingerprint density at radius 3 is 2.06 bits per heavy atom. The van der Waals surface area contributed by atoms with Crippen LogP contribution in [0, 0.1) is 11.8 Å². The summed E-state index contributed by atoms with van der Waals surface area (Å²) >= 11 is 0. The lowest BCUT2D eigenvalue weighted by atomic mass is 9.73. The van der Waals surface area contributed by atoms with Crippen LogP contribution in [-0.2, 0) is 0 Å². The average molecular weight is 440 g/mol. The molecule has 0 radical (unpaired) electrons. The number of Topliss-reactive ketones (excluding diaryl/α,β-unsaturated/α-hetero) is 2. The Labute approximate surface area is 205 Å². The average Bonchev–Trinajstić information content (AvgIpc) is 2.83. The first-order valence-corrected chi connectivity index (χ1v) is 11.5. The zero-order valence-corrected chi connectivity index (χ0v) is 19.8. The molecule has 2 nitrogen and oxygen atoms in total. The molecule has 0 bridgehead atoms. The molecule has 2 heteroatoms. The van der Waals surface area contributed by atoms with Crippen LogP contribution in [0.5, 0.6) is 0 Å². The van der Waals surface area contributed by atoms with Crippen molar-refractivity contribution in [3.63, 3.8) is 0 Å². The van der Waals surface area contributed by atoms with E-state index < -0.39 is 65.6 Å². The van der Waals surface area contributed by atoms with Crippen molar-refractivity contribution in [2.24, 2.45) is 11.8 Å². The van der Waals surface area contributed by atoms with E-state index in [-0.39, 0.29) is 6.42 Å². The van der Waals surface area contributed by atoms with Crippen LogP contribution < -0.4 is 0 Å². The number of ketones is 2. The van der Waals surface area contributed by atoms with Gasteiger partial charge in [-0.2, -0.15) is 0 Å². The quantitative estimate of drug-likeness (QED) is 0.256. The molecule has 0 aliphatic heterocycles. The lowest BCUT2D eigenvalue weighted by molar-refractivity contribution is 0.0750. The second-order valence-corrected chi connectivity index (χ2v) is 8.81. The fourth-order valence-corrected chi connectivity index (χ4v) is 3.73. The minimum absolute atomic E-state index is 0.00924. The van der Waals surface area contributed by atoms with Crippen LogP contribution >= 0.6 is 0 Å². The Bertz CT molecular complexity index is 1200. The van der Waals surface area contributed by atoms with Crippen molar-refractivity contribution in [3.8, 4) is 0 Å². The van der Waals surface area contributed by atoms with Crippen LogP contribution in [0.15, 0.2) is 71.3 Å². The molecule has 0 aromatic heterocycles. The molecule has 2 unspecified atom stereocenters. The van der Waals surface area contributed by atoms with Gasteiger partial charge in [-0.05, 0) is 72.6 Å². The summed E-state index contributed by atoms with van der Waals surface area (Å²) in [5.41, 5.74) is 3.12. The third kappa shape index (κ3) is 7.89. The molecule has 1 aliphatic carbocycles. The number of allylic oxidation sites excluding steroid dienone is 8. The Morgan fingerprint density at radius 2 is 1.44 bits per heavy atom. The molecule has 0 amide bonds. The zero-order valence-electron chi connectivity index (χ0n) is 26.8. The fraction of sp³-hybridized carbons (Fsp3) is 0.467. The number of hydrogen-bond donors (Lipinski definition) is 0. The van der Waals surface area contributed by atoms with Gasteiger partial charge in [-0.25, -0.2) is 0 Å². The molecular formula is C30H40O2. The highest BCUT2D eigenvalue weighted by Gasteiger charge is 2.37. The van der Waals surface area contributed by atoms with E-state index in [9.17, 15) is 9.59 Å². The highest BCUT2D eigenvalue weighted by molar-refractivity contribution is 6.15. The summed E-state index contributed by atoms with van der Waals surface area (Å²) in [6, 6.07) is -2.53. The SMILES string of the molecule is [2H]c1c([2H])c([2H])c2c(c1[2H])C(=O)C(C/C=C/CC/C=C(\C)CC/C=C(\C)CCC=C(C)C)C(C([2H])([2H])[2H])C2=O. The summed E-state index contributed by atoms with van der Waals surface area (Å²) in [6.07, 6.45) is 15.9. The van der Waals surface area contributed by atoms with Gasteiger partial charge in [-0.3, -0.25) is 9.59 Å². The summed E-state index contributed by atoms with van der Waals surface area (Å²) in [4.78, 5) is 26.5. The second-order valence-electron chi connectivity index (χ2n) is 8.81. The van der Waals surface area contributed by atoms with Gasteiger partial charge in [0.25, 0.3) is 0 Å². The molecule has 0 spiro atoms. The van der Waals surface area contributed by atoms with E-state index in [4.69, 9.17) is 9.60 Å². The highest BCUT2D eigenvalue weighted by atomic mass is 16.1. The van der Waals surface area contributed by atoms with E-state index >= 15 is 0 Å². The van der Waals surface area contributed by atoms with Gasteiger partial charge in [0.1, 0.15) is 0 Å². The van der Waals surface area contributed by atoms with Crippen molar-refractivity contribution in [1.82, 2.24) is 0 Å². The third-order valence-electron chi connectivity index (χ3n) is 5.71. The lowest BCUT2D eigenvalue weighted by Crippen LogP contribution is -2.34. The van der Waals surface area contributed by atoms with Gasteiger partial charge < -0.3 is 0 Å². The van der Waals surface area contributed by atoms with Crippen LogP contribution in [0.25, 0.3) is 0 Å². The molecule has 0 fully saturated rings. The summed E-state index contributed by atoms with van der Waals surface area (Å²) in [5.74, 6) is -4.50. The van der Waals surface area contributed by atoms with E-state index in [0.29, 0.717) is 6.42 Å². The fourth-order valence-electron chi connectivity index (χ4n) is 3.73. The number of rotatable bonds is 11. The topological polar surface area (TPSA) is 34.1 Å². The third-order valence-corrected chi connectivity index (χ3v) is 5.71. The summed E-state index contributed by atoms with van der Waals surface area (Å²) in [5, 5.41) is 0. The van der Waals surface area contributed by atoms with Crippen molar-refractivity contribution in [1.29, 1.82) is 0 Å². The first kappa shape index (κ1) is 17.1. The predicted octanol–water partition coefficient (Wildman–Crippen LogP) is 8.46. The maximum Gasteiger partial charge on any atom is 0.167 e. The summed E-state index contributed by atoms with van der Waals surface area (Å²) in [7, 11) is 0. The highest BCUT2D eigenvalue weighted by Crippen LogP contribution is 2.32. The van der Waals surface area contributed by atoms with Crippen molar-refractivity contribution in [3.05, 3.63) is 82.4 Å². The van der Waals surface area contributed by atoms with Gasteiger partial charge in [0, 0.05) is 27.1 Å². The minimum atomic E-state index is -2.78. The van der Waals surface area contributed by atoms with Crippen LogP contribution in [-0.4, -0.2) is 11.6 Å². The minimum Gasteiger partial charge on any atom is -0.294 e. The van der Waals surface area contributed by atoms with E-state index in [1.807, 2.05) is 6.08 Å². The molecule has 1 aromatic rings. The number of unbranched alkanes of at least 4 members (excludes halogenated alkanes) is 1. The van der Waals surface area contributed by atoms with E-state index in [2.05, 4.69) is 45.9 Å². The molecule has 1 aromatic carbocycles. The summed E-state index contributed by atoms with van der Waals surface area (Å²) in [6.45, 7) is 5.70. The standard InChI is InChI=1S/C30H40O2/c1-22(2)14-12-16-24(4)18-13-17-23(3)15-8-6-7-9-19-26-25(5)29(31)27-20-10-11-21-28(27)30(26)32/h7,9-11,14-15,18,20-21,25-26H,6,8,12-13,16-17,19H2,1-5H3/b9-7+,23-15+,24-18+/i5D3,10D,11D,20D,21D. The van der Waals surface area contributed by atoms with Crippen molar-refractivity contribution in [2.45, 2.75) is 79.5 Å². The zero-order chi connectivity index (χ0) is 29.5. The number of carbonyl (C=O) groups is 2. The van der Waals surface area contributed by atoms with Crippen LogP contribution in [0.4, 0.5) is 0 Å². The number of benzene rings is 1. The van der Waals surface area contributed by atoms with Gasteiger partial charge in [0.15, 0.2) is 11.6 Å². The van der Waals surface area contributed by atoms with Crippen molar-refractivity contribution < 1.29 is 19.2 Å². The van der Waals surface area contributed by atoms with Crippen LogP contribution in [0.3, 0.4) is 0 Å². The summed E-state index contributed by atoms with van der Waals surface area (Å²) < 4.78 is 55.6. The lowest BCUT2D eigenvalue weighted by Gasteiger charge is -2.27. The van der Waals surface area contributed by atoms with Crippen LogP contribution in [0.2, 0.25) is 0 Å². The van der Waals surface area contributed by atoms with Gasteiger partial charge in [0.2, 0.25) is 0 Å². The number of fused-ring (bicyclic) bond motifs is 1. The van der Waals surface area contributed by atoms with Gasteiger partial charge in [-0.1, -0.05) is 78.1 Å². The normalized spacial score (nSPS) is 22.9. The molecule has 32 heavy (non-hydrogen) atoms. The van der Waals surface area contributed by atoms with Crippen LogP contribution in [0.1, 0.15) is 110 Å². The Morgan fingerprint density at radius 1 is 0.844 bits per heavy atom. The molecule has 0 heterocycles. The van der Waals surface area contributed by atoms with Gasteiger partial charge in [0.05, 0.1) is 5.48 Å². The van der Waals surface area contributed by atoms with E-state index in [1.54, 1.807) is 6.08 Å². The molecule has 2 atom stereocenters. The maximum absolute atomic E-state index is 13.3. The van der Waals surface area contributed by atoms with Crippen molar-refractivity contribution >= 4 is 11.6 Å². The van der Waals surface area contributed by atoms with Gasteiger partial charge >= 0.3 is 0 Å². The largest absolute Gasteiger partial charge is 0.294 e. The van der Waals surface area contributed by atoms with Crippen molar-refractivity contribution in [2.75, 3.05) is 0 Å². The van der Waals surface area contributed by atoms with E-state index in [1.165, 1.54) is 16.7 Å². The molecular weight excluding hydrogens is 392 g/mol. The molecule has 2 rings (SSSR count). The maximum atomic E-state index is 13.3. The van der Waals surface area contributed by atoms with Gasteiger partial charge in [-0.15, -0.1) is 0 Å². The molecule has 0 saturated heterocycles. The predicted molar refractivity (Wildman–Crippen MR) is 136 cm³/mol. The smallest absolute Gasteiger partial charge is 0.167 e. The molecule has 0 saturated carbocycles. The monoisotopic (exact) mass is 439 g/mol.